The van der Waals surface area contributed by atoms with Gasteiger partial charge in [0.25, 0.3) is 0 Å². The summed E-state index contributed by atoms with van der Waals surface area (Å²) < 4.78 is 25.3. The molecule has 0 bridgehead atoms. The molecule has 1 N–H and O–H groups in total. The van der Waals surface area contributed by atoms with Crippen LogP contribution in [-0.2, 0) is 10.0 Å². The molecule has 1 aromatic rings. The van der Waals surface area contributed by atoms with Crippen LogP contribution in [0, 0.1) is 0 Å². The smallest absolute Gasteiger partial charge is 0.246 e. The average molecular weight is 262 g/mol. The van der Waals surface area contributed by atoms with Crippen LogP contribution in [0.2, 0.25) is 0 Å². The molecule has 0 saturated heterocycles. The quantitative estimate of drug-likeness (QED) is 0.828. The van der Waals surface area contributed by atoms with Gasteiger partial charge in [0.1, 0.15) is 5.21 Å². The lowest BCUT2D eigenvalue weighted by Crippen LogP contribution is -2.15. The van der Waals surface area contributed by atoms with E-state index >= 15 is 0 Å². The van der Waals surface area contributed by atoms with Crippen LogP contribution in [-0.4, -0.2) is 13.6 Å². The van der Waals surface area contributed by atoms with E-state index in [1.165, 1.54) is 0 Å². The molecule has 1 atom stereocenters. The van der Waals surface area contributed by atoms with E-state index in [2.05, 4.69) is 18.6 Å². The largest absolute Gasteiger partial charge is 0.282 e. The Bertz CT molecular complexity index is 445. The summed E-state index contributed by atoms with van der Waals surface area (Å²) in [5.41, 5.74) is 1.62. The number of alkyl halides is 1. The lowest BCUT2D eigenvalue weighted by molar-refractivity contribution is 0.605. The third-order valence-corrected chi connectivity index (χ3v) is 4.19. The molecule has 0 aromatic heterocycles. The summed E-state index contributed by atoms with van der Waals surface area (Å²) in [5, 5.41) is -0.429. The van der Waals surface area contributed by atoms with Crippen molar-refractivity contribution in [3.63, 3.8) is 0 Å². The number of rotatable bonds is 5. The van der Waals surface area contributed by atoms with E-state index < -0.39 is 15.2 Å². The van der Waals surface area contributed by atoms with E-state index in [0.717, 1.165) is 12.0 Å². The lowest BCUT2D eigenvalue weighted by Gasteiger charge is -2.15. The zero-order chi connectivity index (χ0) is 12.2. The SMILES string of the molecule is CCC(C)c1ccccc1NS(=O)(=O)CCl. The first-order chi connectivity index (χ1) is 7.50. The summed E-state index contributed by atoms with van der Waals surface area (Å²) in [6.07, 6.45) is 0.958. The second-order valence-electron chi connectivity index (χ2n) is 3.72. The van der Waals surface area contributed by atoms with Crippen LogP contribution in [0.4, 0.5) is 5.69 Å². The predicted molar refractivity (Wildman–Crippen MR) is 68.4 cm³/mol. The highest BCUT2D eigenvalue weighted by Gasteiger charge is 2.13. The van der Waals surface area contributed by atoms with E-state index in [0.29, 0.717) is 11.6 Å². The Labute approximate surface area is 102 Å². The Hall–Kier alpha value is -0.740. The Morgan fingerprint density at radius 2 is 2.00 bits per heavy atom. The van der Waals surface area contributed by atoms with Crippen molar-refractivity contribution < 1.29 is 8.42 Å². The fourth-order valence-electron chi connectivity index (χ4n) is 1.43. The normalized spacial score (nSPS) is 13.4. The third kappa shape index (κ3) is 3.39. The average Bonchev–Trinajstić information content (AvgIpc) is 2.28. The van der Waals surface area contributed by atoms with Gasteiger partial charge in [0.2, 0.25) is 10.0 Å². The second kappa shape index (κ2) is 5.55. The minimum atomic E-state index is -3.42. The van der Waals surface area contributed by atoms with Gasteiger partial charge in [-0.15, -0.1) is 11.6 Å². The minimum Gasteiger partial charge on any atom is -0.282 e. The molecule has 3 nitrogen and oxygen atoms in total. The standard InChI is InChI=1S/C11H16ClNO2S/c1-3-9(2)10-6-4-5-7-11(10)13-16(14,15)8-12/h4-7,9,13H,3,8H2,1-2H3. The Morgan fingerprint density at radius 3 is 2.56 bits per heavy atom. The topological polar surface area (TPSA) is 46.2 Å². The molecule has 0 fully saturated rings. The maximum absolute atomic E-state index is 11.4. The first-order valence-electron chi connectivity index (χ1n) is 5.15. The number of para-hydroxylation sites is 1. The van der Waals surface area contributed by atoms with Crippen molar-refractivity contribution in [2.24, 2.45) is 0 Å². The van der Waals surface area contributed by atoms with Gasteiger partial charge < -0.3 is 0 Å². The van der Waals surface area contributed by atoms with Gasteiger partial charge in [-0.3, -0.25) is 4.72 Å². The minimum absolute atomic E-state index is 0.314. The number of hydrogen-bond acceptors (Lipinski definition) is 2. The third-order valence-electron chi connectivity index (χ3n) is 2.51. The first-order valence-corrected chi connectivity index (χ1v) is 7.34. The molecular weight excluding hydrogens is 246 g/mol. The van der Waals surface area contributed by atoms with E-state index in [9.17, 15) is 8.42 Å². The molecule has 1 aromatic carbocycles. The maximum Gasteiger partial charge on any atom is 0.246 e. The van der Waals surface area contributed by atoms with Gasteiger partial charge >= 0.3 is 0 Å². The van der Waals surface area contributed by atoms with Crippen LogP contribution >= 0.6 is 11.6 Å². The van der Waals surface area contributed by atoms with Gasteiger partial charge in [0.15, 0.2) is 0 Å². The van der Waals surface area contributed by atoms with Crippen LogP contribution in [0.15, 0.2) is 24.3 Å². The fraction of sp³-hybridized carbons (Fsp3) is 0.455. The highest BCUT2D eigenvalue weighted by molar-refractivity contribution is 7.93. The molecule has 0 saturated carbocycles. The van der Waals surface area contributed by atoms with Crippen molar-refractivity contribution in [1.29, 1.82) is 0 Å². The fourth-order valence-corrected chi connectivity index (χ4v) is 2.17. The van der Waals surface area contributed by atoms with Gasteiger partial charge in [-0.05, 0) is 24.0 Å². The number of anilines is 1. The Kier molecular flexibility index (Phi) is 4.62. The van der Waals surface area contributed by atoms with Crippen LogP contribution in [0.3, 0.4) is 0 Å². The molecule has 0 radical (unpaired) electrons. The molecule has 90 valence electrons. The van der Waals surface area contributed by atoms with Gasteiger partial charge in [-0.2, -0.15) is 0 Å². The zero-order valence-electron chi connectivity index (χ0n) is 9.40. The van der Waals surface area contributed by atoms with Gasteiger partial charge in [0, 0.05) is 0 Å². The van der Waals surface area contributed by atoms with E-state index in [1.807, 2.05) is 12.1 Å². The van der Waals surface area contributed by atoms with Crippen molar-refractivity contribution in [3.05, 3.63) is 29.8 Å². The maximum atomic E-state index is 11.4. The highest BCUT2D eigenvalue weighted by Crippen LogP contribution is 2.27. The van der Waals surface area contributed by atoms with Gasteiger partial charge in [-0.1, -0.05) is 32.0 Å². The van der Waals surface area contributed by atoms with Crippen LogP contribution in [0.25, 0.3) is 0 Å². The molecule has 16 heavy (non-hydrogen) atoms. The van der Waals surface area contributed by atoms with Crippen LogP contribution in [0.1, 0.15) is 31.7 Å². The highest BCUT2D eigenvalue weighted by atomic mass is 35.5. The monoisotopic (exact) mass is 261 g/mol. The molecule has 1 unspecified atom stereocenters. The molecule has 0 heterocycles. The van der Waals surface area contributed by atoms with Crippen molar-refractivity contribution in [2.75, 3.05) is 9.93 Å². The van der Waals surface area contributed by atoms with Crippen molar-refractivity contribution in [1.82, 2.24) is 0 Å². The van der Waals surface area contributed by atoms with Crippen molar-refractivity contribution >= 4 is 27.3 Å². The number of sulfonamides is 1. The number of halogens is 1. The molecule has 0 spiro atoms. The summed E-state index contributed by atoms with van der Waals surface area (Å²) in [5.74, 6) is 0.314. The van der Waals surface area contributed by atoms with E-state index in [-0.39, 0.29) is 0 Å². The summed E-state index contributed by atoms with van der Waals surface area (Å²) in [6.45, 7) is 4.13. The van der Waals surface area contributed by atoms with Gasteiger partial charge in [-0.25, -0.2) is 8.42 Å². The summed E-state index contributed by atoms with van der Waals surface area (Å²) in [4.78, 5) is 0. The predicted octanol–water partition coefficient (Wildman–Crippen LogP) is 3.14. The van der Waals surface area contributed by atoms with Crippen LogP contribution in [0.5, 0.6) is 0 Å². The molecule has 0 aliphatic rings. The van der Waals surface area contributed by atoms with Crippen LogP contribution < -0.4 is 4.72 Å². The molecule has 0 amide bonds. The number of nitrogens with one attached hydrogen (secondary N) is 1. The Morgan fingerprint density at radius 1 is 1.38 bits per heavy atom. The molecule has 1 rings (SSSR count). The second-order valence-corrected chi connectivity index (χ2v) is 6.03. The van der Waals surface area contributed by atoms with E-state index in [1.54, 1.807) is 12.1 Å². The zero-order valence-corrected chi connectivity index (χ0v) is 11.0. The lowest BCUT2D eigenvalue weighted by atomic mass is 9.97. The summed E-state index contributed by atoms with van der Waals surface area (Å²) in [6, 6.07) is 7.39. The molecule has 5 heteroatoms. The Balaban J connectivity index is 3.05. The summed E-state index contributed by atoms with van der Waals surface area (Å²) >= 11 is 5.36. The van der Waals surface area contributed by atoms with Crippen molar-refractivity contribution in [3.8, 4) is 0 Å². The number of benzene rings is 1. The summed E-state index contributed by atoms with van der Waals surface area (Å²) in [7, 11) is -3.42. The van der Waals surface area contributed by atoms with Crippen molar-refractivity contribution in [2.45, 2.75) is 26.2 Å². The number of hydrogen-bond donors (Lipinski definition) is 1. The molecule has 0 aliphatic carbocycles. The van der Waals surface area contributed by atoms with E-state index in [4.69, 9.17) is 11.6 Å². The first kappa shape index (κ1) is 13.3. The molecule has 0 aliphatic heterocycles. The van der Waals surface area contributed by atoms with Gasteiger partial charge in [0.05, 0.1) is 5.69 Å². The molecular formula is C11H16ClNO2S.